The molecule has 8 heteroatoms. The number of anilines is 2. The number of nitrogens with one attached hydrogen (secondary N) is 2. The Balaban J connectivity index is 3.34. The van der Waals surface area contributed by atoms with Crippen molar-refractivity contribution >= 4 is 17.1 Å². The Bertz CT molecular complexity index is 579. The van der Waals surface area contributed by atoms with E-state index >= 15 is 0 Å². The minimum Gasteiger partial charge on any atom is -0.384 e. The fourth-order valence-corrected chi connectivity index (χ4v) is 2.10. The molecule has 5 nitrogen and oxygen atoms in total. The van der Waals surface area contributed by atoms with Crippen LogP contribution in [0.4, 0.5) is 24.7 Å². The molecule has 0 atom stereocenters. The van der Waals surface area contributed by atoms with Crippen LogP contribution in [0.5, 0.6) is 0 Å². The number of hydrogen-bond donors (Lipinski definition) is 4. The van der Waals surface area contributed by atoms with Gasteiger partial charge in [0.2, 0.25) is 0 Å². The van der Waals surface area contributed by atoms with Gasteiger partial charge in [-0.25, -0.2) is 4.98 Å². The zero-order chi connectivity index (χ0) is 17.5. The molecule has 1 heterocycles. The van der Waals surface area contributed by atoms with Gasteiger partial charge < -0.3 is 22.1 Å². The van der Waals surface area contributed by atoms with Crippen LogP contribution in [0.1, 0.15) is 19.5 Å². The Morgan fingerprint density at radius 1 is 1.17 bits per heavy atom. The van der Waals surface area contributed by atoms with Gasteiger partial charge in [0.1, 0.15) is 5.82 Å². The van der Waals surface area contributed by atoms with E-state index in [1.165, 1.54) is 13.0 Å². The molecule has 1 aromatic rings. The smallest absolute Gasteiger partial charge is 0.384 e. The molecule has 0 bridgehead atoms. The molecular formula is C15H22F3N5. The number of aromatic nitrogens is 1. The molecule has 0 aliphatic rings. The van der Waals surface area contributed by atoms with Crippen molar-refractivity contribution in [3.8, 4) is 0 Å². The van der Waals surface area contributed by atoms with Crippen LogP contribution >= 0.6 is 0 Å². The average molecular weight is 329 g/mol. The van der Waals surface area contributed by atoms with Gasteiger partial charge in [-0.05, 0) is 19.9 Å². The van der Waals surface area contributed by atoms with E-state index in [4.69, 9.17) is 11.5 Å². The summed E-state index contributed by atoms with van der Waals surface area (Å²) in [5, 5.41) is 5.84. The topological polar surface area (TPSA) is 89.0 Å². The molecule has 23 heavy (non-hydrogen) atoms. The number of nitrogens with zero attached hydrogens (tertiary/aromatic N) is 1. The molecule has 0 aliphatic carbocycles. The van der Waals surface area contributed by atoms with E-state index in [-0.39, 0.29) is 17.9 Å². The third-order valence-corrected chi connectivity index (χ3v) is 3.03. The first-order valence-corrected chi connectivity index (χ1v) is 7.17. The third-order valence-electron chi connectivity index (χ3n) is 3.03. The summed E-state index contributed by atoms with van der Waals surface area (Å²) in [6.45, 7) is 3.90. The summed E-state index contributed by atoms with van der Waals surface area (Å²) in [6, 6.07) is 3.23. The van der Waals surface area contributed by atoms with Gasteiger partial charge in [-0.3, -0.25) is 0 Å². The summed E-state index contributed by atoms with van der Waals surface area (Å²) in [5.74, 6) is 0.390. The fourth-order valence-electron chi connectivity index (χ4n) is 2.10. The maximum atomic E-state index is 13.2. The van der Waals surface area contributed by atoms with Crippen LogP contribution < -0.4 is 22.1 Å². The quantitative estimate of drug-likeness (QED) is 0.456. The highest BCUT2D eigenvalue weighted by Gasteiger charge is 2.36. The summed E-state index contributed by atoms with van der Waals surface area (Å²) >= 11 is 0. The number of halogens is 3. The van der Waals surface area contributed by atoms with Crippen molar-refractivity contribution in [2.45, 2.75) is 20.0 Å². The van der Waals surface area contributed by atoms with Crippen LogP contribution in [-0.2, 0) is 0 Å². The minimum absolute atomic E-state index is 0.0106. The molecule has 1 aromatic heterocycles. The van der Waals surface area contributed by atoms with Crippen LogP contribution in [0.25, 0.3) is 5.57 Å². The predicted octanol–water partition coefficient (Wildman–Crippen LogP) is 2.69. The Kier molecular flexibility index (Phi) is 7.05. The van der Waals surface area contributed by atoms with Gasteiger partial charge in [0.05, 0.1) is 17.9 Å². The van der Waals surface area contributed by atoms with Gasteiger partial charge in [0.25, 0.3) is 0 Å². The highest BCUT2D eigenvalue weighted by molar-refractivity contribution is 5.80. The second-order valence-corrected chi connectivity index (χ2v) is 4.63. The summed E-state index contributed by atoms with van der Waals surface area (Å²) in [7, 11) is 0. The lowest BCUT2D eigenvalue weighted by Gasteiger charge is -2.17. The van der Waals surface area contributed by atoms with Crippen molar-refractivity contribution in [1.29, 1.82) is 0 Å². The van der Waals surface area contributed by atoms with Gasteiger partial charge in [0, 0.05) is 30.4 Å². The van der Waals surface area contributed by atoms with Crippen LogP contribution in [0.2, 0.25) is 0 Å². The molecule has 0 unspecified atom stereocenters. The number of hydrogen-bond acceptors (Lipinski definition) is 5. The molecule has 0 spiro atoms. The summed E-state index contributed by atoms with van der Waals surface area (Å²) in [5.41, 5.74) is 11.0. The largest absolute Gasteiger partial charge is 0.416 e. The van der Waals surface area contributed by atoms with Crippen LogP contribution in [0, 0.1) is 0 Å². The number of rotatable bonds is 7. The molecule has 0 saturated carbocycles. The van der Waals surface area contributed by atoms with E-state index in [9.17, 15) is 13.2 Å². The minimum atomic E-state index is -4.46. The number of allylic oxidation sites excluding steroid dienone is 4. The van der Waals surface area contributed by atoms with E-state index in [1.54, 1.807) is 19.1 Å². The van der Waals surface area contributed by atoms with Gasteiger partial charge >= 0.3 is 6.18 Å². The summed E-state index contributed by atoms with van der Waals surface area (Å²) in [4.78, 5) is 4.21. The van der Waals surface area contributed by atoms with Gasteiger partial charge in [-0.1, -0.05) is 12.2 Å². The Hall–Kier alpha value is -2.06. The Morgan fingerprint density at radius 2 is 1.87 bits per heavy atom. The summed E-state index contributed by atoms with van der Waals surface area (Å²) < 4.78 is 39.6. The first kappa shape index (κ1) is 19.0. The monoisotopic (exact) mass is 329 g/mol. The standard InChI is InChI=1S/C15H22F3N5/c1-3-11(12(4-2)15(16,17)18)13-7-10(21-6-5-19)8-14(23-13)22-9-20/h3-4,7-8H,5-6,9,19-20H2,1-2H3,(H2,21,22,23)/b11-3+,12-4+. The van der Waals surface area contributed by atoms with E-state index in [2.05, 4.69) is 15.6 Å². The normalized spacial score (nSPS) is 13.2. The zero-order valence-corrected chi connectivity index (χ0v) is 13.2. The van der Waals surface area contributed by atoms with Crippen molar-refractivity contribution in [3.05, 3.63) is 35.6 Å². The molecule has 0 saturated heterocycles. The molecular weight excluding hydrogens is 307 g/mol. The van der Waals surface area contributed by atoms with Gasteiger partial charge in [0.15, 0.2) is 0 Å². The Labute approximate surface area is 133 Å². The molecule has 0 aliphatic heterocycles. The van der Waals surface area contributed by atoms with Crippen molar-refractivity contribution in [3.63, 3.8) is 0 Å². The number of alkyl halides is 3. The van der Waals surface area contributed by atoms with E-state index < -0.39 is 11.7 Å². The van der Waals surface area contributed by atoms with E-state index in [1.807, 2.05) is 0 Å². The number of pyridine rings is 1. The molecule has 128 valence electrons. The highest BCUT2D eigenvalue weighted by atomic mass is 19.4. The summed E-state index contributed by atoms with van der Waals surface area (Å²) in [6.07, 6.45) is -2.03. The maximum absolute atomic E-state index is 13.2. The first-order chi connectivity index (χ1) is 10.9. The molecule has 1 rings (SSSR count). The third kappa shape index (κ3) is 5.26. The lowest BCUT2D eigenvalue weighted by Crippen LogP contribution is -2.17. The van der Waals surface area contributed by atoms with Crippen molar-refractivity contribution in [1.82, 2.24) is 4.98 Å². The van der Waals surface area contributed by atoms with E-state index in [0.29, 0.717) is 24.6 Å². The molecule has 6 N–H and O–H groups in total. The van der Waals surface area contributed by atoms with Gasteiger partial charge in [-0.2, -0.15) is 13.2 Å². The second kappa shape index (κ2) is 8.54. The molecule has 0 radical (unpaired) electrons. The fraction of sp³-hybridized carbons (Fsp3) is 0.400. The molecule has 0 fully saturated rings. The lowest BCUT2D eigenvalue weighted by molar-refractivity contribution is -0.0872. The van der Waals surface area contributed by atoms with Crippen LogP contribution in [0.3, 0.4) is 0 Å². The van der Waals surface area contributed by atoms with Crippen LogP contribution in [-0.4, -0.2) is 30.9 Å². The van der Waals surface area contributed by atoms with E-state index in [0.717, 1.165) is 6.08 Å². The molecule has 0 aromatic carbocycles. The lowest BCUT2D eigenvalue weighted by atomic mass is 10.0. The second-order valence-electron chi connectivity index (χ2n) is 4.63. The SMILES string of the molecule is C/C=C(\C(=C/C)C(F)(F)F)c1cc(NCCN)cc(NCN)n1. The first-order valence-electron chi connectivity index (χ1n) is 7.17. The average Bonchev–Trinajstić information content (AvgIpc) is 2.49. The number of nitrogens with two attached hydrogens (primary N) is 2. The van der Waals surface area contributed by atoms with Crippen molar-refractivity contribution in [2.75, 3.05) is 30.4 Å². The van der Waals surface area contributed by atoms with Crippen molar-refractivity contribution in [2.24, 2.45) is 11.5 Å². The molecule has 0 amide bonds. The predicted molar refractivity (Wildman–Crippen MR) is 87.9 cm³/mol. The van der Waals surface area contributed by atoms with Gasteiger partial charge in [-0.15, -0.1) is 0 Å². The zero-order valence-electron chi connectivity index (χ0n) is 13.2. The Morgan fingerprint density at radius 3 is 2.35 bits per heavy atom. The maximum Gasteiger partial charge on any atom is 0.416 e. The van der Waals surface area contributed by atoms with Crippen LogP contribution in [0.15, 0.2) is 29.9 Å². The highest BCUT2D eigenvalue weighted by Crippen LogP contribution is 2.36. The van der Waals surface area contributed by atoms with Crippen molar-refractivity contribution < 1.29 is 13.2 Å².